The van der Waals surface area contributed by atoms with Crippen LogP contribution in [0.25, 0.3) is 11.3 Å². The summed E-state index contributed by atoms with van der Waals surface area (Å²) in [6.45, 7) is 2.06. The van der Waals surface area contributed by atoms with Gasteiger partial charge in [-0.2, -0.15) is 5.10 Å². The second-order valence-corrected chi connectivity index (χ2v) is 6.96. The zero-order valence-electron chi connectivity index (χ0n) is 16.3. The Hall–Kier alpha value is -3.39. The molecule has 0 unspecified atom stereocenters. The van der Waals surface area contributed by atoms with Gasteiger partial charge in [0.1, 0.15) is 17.3 Å². The van der Waals surface area contributed by atoms with E-state index in [1.54, 1.807) is 55.5 Å². The molecule has 1 heterocycles. The Morgan fingerprint density at radius 2 is 2.00 bits per heavy atom. The number of hydrogen-bond acceptors (Lipinski definition) is 6. The third-order valence-corrected chi connectivity index (χ3v) is 4.54. The summed E-state index contributed by atoms with van der Waals surface area (Å²) in [7, 11) is 1.49. The van der Waals surface area contributed by atoms with E-state index in [0.717, 1.165) is 10.0 Å². The molecule has 3 rings (SSSR count). The van der Waals surface area contributed by atoms with Crippen LogP contribution < -0.4 is 10.2 Å². The van der Waals surface area contributed by atoms with Gasteiger partial charge in [0.25, 0.3) is 5.91 Å². The third kappa shape index (κ3) is 5.15. The number of halogens is 1. The van der Waals surface area contributed by atoms with Crippen LogP contribution in [0.5, 0.6) is 5.75 Å². The van der Waals surface area contributed by atoms with Gasteiger partial charge in [-0.25, -0.2) is 10.2 Å². The molecular formula is C22H19BrN2O5. The molecule has 1 aromatic heterocycles. The summed E-state index contributed by atoms with van der Waals surface area (Å²) in [6, 6.07) is 15.5. The first-order valence-corrected chi connectivity index (χ1v) is 9.85. The van der Waals surface area contributed by atoms with Crippen molar-refractivity contribution in [3.05, 3.63) is 76.0 Å². The minimum Gasteiger partial charge on any atom is -0.496 e. The maximum Gasteiger partial charge on any atom is 0.338 e. The van der Waals surface area contributed by atoms with Gasteiger partial charge in [0.05, 0.1) is 31.1 Å². The largest absolute Gasteiger partial charge is 0.496 e. The van der Waals surface area contributed by atoms with Crippen LogP contribution in [0.1, 0.15) is 33.4 Å². The van der Waals surface area contributed by atoms with E-state index in [4.69, 9.17) is 13.9 Å². The first-order chi connectivity index (χ1) is 14.5. The van der Waals surface area contributed by atoms with Gasteiger partial charge in [-0.05, 0) is 49.4 Å². The standard InChI is InChI=1S/C22H19BrN2O5/c1-3-29-22(27)15-6-4-5-14(11-15)19-10-8-17(30-19)13-24-25-21(26)18-12-16(23)7-9-20(18)28-2/h4-13H,3H2,1-2H3,(H,25,26)/b24-13-. The topological polar surface area (TPSA) is 90.1 Å². The van der Waals surface area contributed by atoms with Crippen molar-refractivity contribution in [2.75, 3.05) is 13.7 Å². The summed E-state index contributed by atoms with van der Waals surface area (Å²) < 4.78 is 16.7. The highest BCUT2D eigenvalue weighted by Crippen LogP contribution is 2.24. The van der Waals surface area contributed by atoms with Crippen LogP contribution in [0, 0.1) is 0 Å². The molecule has 0 aliphatic carbocycles. The second-order valence-electron chi connectivity index (χ2n) is 6.05. The number of amides is 1. The first-order valence-electron chi connectivity index (χ1n) is 9.06. The van der Waals surface area contributed by atoms with E-state index in [1.165, 1.54) is 13.3 Å². The van der Waals surface area contributed by atoms with Crippen molar-refractivity contribution in [1.82, 2.24) is 5.43 Å². The highest BCUT2D eigenvalue weighted by atomic mass is 79.9. The van der Waals surface area contributed by atoms with Gasteiger partial charge >= 0.3 is 5.97 Å². The minimum absolute atomic E-state index is 0.307. The van der Waals surface area contributed by atoms with E-state index in [1.807, 2.05) is 6.07 Å². The number of ether oxygens (including phenoxy) is 2. The molecule has 8 heteroatoms. The van der Waals surface area contributed by atoms with Crippen LogP contribution in [0.3, 0.4) is 0 Å². The number of nitrogens with zero attached hydrogens (tertiary/aromatic N) is 1. The Bertz CT molecular complexity index is 1090. The maximum absolute atomic E-state index is 12.3. The van der Waals surface area contributed by atoms with Crippen molar-refractivity contribution >= 4 is 34.0 Å². The van der Waals surface area contributed by atoms with Crippen LogP contribution in [-0.2, 0) is 4.74 Å². The Morgan fingerprint density at radius 3 is 2.77 bits per heavy atom. The van der Waals surface area contributed by atoms with E-state index in [-0.39, 0.29) is 0 Å². The molecule has 0 atom stereocenters. The van der Waals surface area contributed by atoms with Gasteiger partial charge in [-0.3, -0.25) is 4.79 Å². The lowest BCUT2D eigenvalue weighted by molar-refractivity contribution is 0.0526. The number of esters is 1. The average Bonchev–Trinajstić information content (AvgIpc) is 3.23. The number of furan rings is 1. The Balaban J connectivity index is 1.70. The summed E-state index contributed by atoms with van der Waals surface area (Å²) in [5.74, 6) is 0.625. The zero-order valence-corrected chi connectivity index (χ0v) is 17.9. The number of hydrogen-bond donors (Lipinski definition) is 1. The second kappa shape index (κ2) is 9.89. The maximum atomic E-state index is 12.3. The average molecular weight is 471 g/mol. The fraction of sp³-hybridized carbons (Fsp3) is 0.136. The summed E-state index contributed by atoms with van der Waals surface area (Å²) in [4.78, 5) is 24.2. The van der Waals surface area contributed by atoms with E-state index in [9.17, 15) is 9.59 Å². The lowest BCUT2D eigenvalue weighted by Crippen LogP contribution is -2.18. The molecule has 0 radical (unpaired) electrons. The fourth-order valence-corrected chi connectivity index (χ4v) is 3.02. The molecule has 0 aliphatic rings. The molecule has 0 saturated carbocycles. The summed E-state index contributed by atoms with van der Waals surface area (Å²) in [5, 5.41) is 3.94. The molecular weight excluding hydrogens is 452 g/mol. The molecule has 30 heavy (non-hydrogen) atoms. The van der Waals surface area contributed by atoms with Crippen LogP contribution in [0.4, 0.5) is 0 Å². The van der Waals surface area contributed by atoms with E-state index in [0.29, 0.717) is 35.0 Å². The monoisotopic (exact) mass is 470 g/mol. The third-order valence-electron chi connectivity index (χ3n) is 4.05. The normalized spacial score (nSPS) is 10.8. The summed E-state index contributed by atoms with van der Waals surface area (Å²) >= 11 is 3.33. The number of benzene rings is 2. The van der Waals surface area contributed by atoms with Gasteiger partial charge in [-0.15, -0.1) is 0 Å². The van der Waals surface area contributed by atoms with Crippen LogP contribution in [0.15, 0.2) is 68.6 Å². The molecule has 0 spiro atoms. The Kier molecular flexibility index (Phi) is 7.03. The van der Waals surface area contributed by atoms with Crippen molar-refractivity contribution in [1.29, 1.82) is 0 Å². The number of rotatable bonds is 7. The highest BCUT2D eigenvalue weighted by molar-refractivity contribution is 9.10. The number of methoxy groups -OCH3 is 1. The quantitative estimate of drug-likeness (QED) is 0.308. The Morgan fingerprint density at radius 1 is 1.17 bits per heavy atom. The van der Waals surface area contributed by atoms with Crippen molar-refractivity contribution < 1.29 is 23.5 Å². The van der Waals surface area contributed by atoms with E-state index >= 15 is 0 Å². The van der Waals surface area contributed by atoms with E-state index < -0.39 is 11.9 Å². The minimum atomic E-state index is -0.418. The van der Waals surface area contributed by atoms with Crippen molar-refractivity contribution in [2.24, 2.45) is 5.10 Å². The van der Waals surface area contributed by atoms with Gasteiger partial charge < -0.3 is 13.9 Å². The molecule has 1 N–H and O–H groups in total. The lowest BCUT2D eigenvalue weighted by atomic mass is 10.1. The van der Waals surface area contributed by atoms with Crippen molar-refractivity contribution in [3.63, 3.8) is 0 Å². The number of hydrazone groups is 1. The van der Waals surface area contributed by atoms with Crippen LogP contribution >= 0.6 is 15.9 Å². The molecule has 1 amide bonds. The van der Waals surface area contributed by atoms with Gasteiger partial charge in [0.15, 0.2) is 0 Å². The number of carbonyl (C=O) groups excluding carboxylic acids is 2. The molecule has 0 bridgehead atoms. The summed E-state index contributed by atoms with van der Waals surface area (Å²) in [5.41, 5.74) is 3.96. The van der Waals surface area contributed by atoms with Gasteiger partial charge in [0.2, 0.25) is 0 Å². The van der Waals surface area contributed by atoms with Crippen molar-refractivity contribution in [3.8, 4) is 17.1 Å². The summed E-state index contributed by atoms with van der Waals surface area (Å²) in [6.07, 6.45) is 1.39. The van der Waals surface area contributed by atoms with Gasteiger partial charge in [-0.1, -0.05) is 28.1 Å². The van der Waals surface area contributed by atoms with E-state index in [2.05, 4.69) is 26.5 Å². The molecule has 0 fully saturated rings. The fourth-order valence-electron chi connectivity index (χ4n) is 2.66. The van der Waals surface area contributed by atoms with Crippen molar-refractivity contribution in [2.45, 2.75) is 6.92 Å². The highest BCUT2D eigenvalue weighted by Gasteiger charge is 2.13. The predicted octanol–water partition coefficient (Wildman–Crippen LogP) is 4.66. The molecule has 0 saturated heterocycles. The molecule has 154 valence electrons. The molecule has 3 aromatic rings. The molecule has 0 aliphatic heterocycles. The molecule has 2 aromatic carbocycles. The first kappa shape index (κ1) is 21.3. The smallest absolute Gasteiger partial charge is 0.338 e. The predicted molar refractivity (Wildman–Crippen MR) is 116 cm³/mol. The zero-order chi connectivity index (χ0) is 21.5. The van der Waals surface area contributed by atoms with Crippen LogP contribution in [-0.4, -0.2) is 31.8 Å². The lowest BCUT2D eigenvalue weighted by Gasteiger charge is -2.07. The van der Waals surface area contributed by atoms with Gasteiger partial charge in [0, 0.05) is 10.0 Å². The van der Waals surface area contributed by atoms with Crippen LogP contribution in [0.2, 0.25) is 0 Å². The number of carbonyl (C=O) groups is 2. The Labute approximate surface area is 181 Å². The SMILES string of the molecule is CCOC(=O)c1cccc(-c2ccc(/C=N\NC(=O)c3cc(Br)ccc3OC)o2)c1. The number of nitrogens with one attached hydrogen (secondary N) is 1. The molecule has 7 nitrogen and oxygen atoms in total.